The summed E-state index contributed by atoms with van der Waals surface area (Å²) in [4.78, 5) is 22.9. The standard InChI is InChI=1S/C15H14N2O2/c1-10-3-2-4-13(9-10)17-15(19)12-7-5-11(6-8-12)14(16)18/h2-9H,1H3,(H2,16,18)(H,17,19). The van der Waals surface area contributed by atoms with Crippen molar-refractivity contribution in [2.75, 3.05) is 5.32 Å². The number of aryl methyl sites for hydroxylation is 1. The zero-order chi connectivity index (χ0) is 13.8. The predicted molar refractivity (Wildman–Crippen MR) is 74.1 cm³/mol. The number of hydrogen-bond acceptors (Lipinski definition) is 2. The lowest BCUT2D eigenvalue weighted by Gasteiger charge is -2.06. The van der Waals surface area contributed by atoms with Gasteiger partial charge in [0.05, 0.1) is 0 Å². The smallest absolute Gasteiger partial charge is 0.255 e. The number of carbonyl (C=O) groups is 2. The minimum atomic E-state index is -0.509. The molecule has 0 saturated heterocycles. The van der Waals surface area contributed by atoms with Gasteiger partial charge in [-0.3, -0.25) is 9.59 Å². The molecule has 2 aromatic carbocycles. The lowest BCUT2D eigenvalue weighted by Crippen LogP contribution is -2.14. The molecular weight excluding hydrogens is 240 g/mol. The third kappa shape index (κ3) is 3.19. The monoisotopic (exact) mass is 254 g/mol. The average molecular weight is 254 g/mol. The van der Waals surface area contributed by atoms with Gasteiger partial charge in [0.25, 0.3) is 5.91 Å². The fourth-order valence-electron chi connectivity index (χ4n) is 1.71. The maximum atomic E-state index is 12.0. The molecule has 19 heavy (non-hydrogen) atoms. The van der Waals surface area contributed by atoms with Gasteiger partial charge < -0.3 is 11.1 Å². The molecule has 0 unspecified atom stereocenters. The number of primary amides is 1. The number of nitrogens with one attached hydrogen (secondary N) is 1. The minimum Gasteiger partial charge on any atom is -0.366 e. The van der Waals surface area contributed by atoms with Crippen LogP contribution < -0.4 is 11.1 Å². The molecule has 4 heteroatoms. The van der Waals surface area contributed by atoms with E-state index >= 15 is 0 Å². The number of rotatable bonds is 3. The molecular formula is C15H14N2O2. The molecule has 2 rings (SSSR count). The second kappa shape index (κ2) is 5.35. The van der Waals surface area contributed by atoms with Crippen LogP contribution in [0.4, 0.5) is 5.69 Å². The van der Waals surface area contributed by atoms with Gasteiger partial charge in [0.1, 0.15) is 0 Å². The van der Waals surface area contributed by atoms with Gasteiger partial charge in [0.15, 0.2) is 0 Å². The van der Waals surface area contributed by atoms with Crippen molar-refractivity contribution in [1.82, 2.24) is 0 Å². The molecule has 0 aliphatic heterocycles. The predicted octanol–water partition coefficient (Wildman–Crippen LogP) is 2.35. The number of hydrogen-bond donors (Lipinski definition) is 2. The Labute approximate surface area is 111 Å². The van der Waals surface area contributed by atoms with Crippen molar-refractivity contribution < 1.29 is 9.59 Å². The first-order valence-corrected chi connectivity index (χ1v) is 5.84. The first kappa shape index (κ1) is 12.8. The Hall–Kier alpha value is -2.62. The van der Waals surface area contributed by atoms with Gasteiger partial charge >= 0.3 is 0 Å². The molecule has 0 bridgehead atoms. The molecule has 0 atom stereocenters. The van der Waals surface area contributed by atoms with E-state index in [1.54, 1.807) is 12.1 Å². The van der Waals surface area contributed by atoms with Crippen molar-refractivity contribution in [2.24, 2.45) is 5.73 Å². The lowest BCUT2D eigenvalue weighted by atomic mass is 10.1. The van der Waals surface area contributed by atoms with Crippen molar-refractivity contribution in [3.8, 4) is 0 Å². The van der Waals surface area contributed by atoms with E-state index < -0.39 is 5.91 Å². The van der Waals surface area contributed by atoms with Gasteiger partial charge in [-0.15, -0.1) is 0 Å². The molecule has 4 nitrogen and oxygen atoms in total. The second-order valence-electron chi connectivity index (χ2n) is 4.27. The summed E-state index contributed by atoms with van der Waals surface area (Å²) in [6.07, 6.45) is 0. The van der Waals surface area contributed by atoms with E-state index in [0.717, 1.165) is 11.3 Å². The zero-order valence-corrected chi connectivity index (χ0v) is 10.5. The Balaban J connectivity index is 2.14. The number of amides is 2. The van der Waals surface area contributed by atoms with Gasteiger partial charge in [0.2, 0.25) is 5.91 Å². The lowest BCUT2D eigenvalue weighted by molar-refractivity contribution is 0.0995. The van der Waals surface area contributed by atoms with E-state index in [0.29, 0.717) is 11.1 Å². The topological polar surface area (TPSA) is 72.2 Å². The summed E-state index contributed by atoms with van der Waals surface area (Å²) in [5.41, 5.74) is 7.81. The van der Waals surface area contributed by atoms with Gasteiger partial charge in [0, 0.05) is 16.8 Å². The highest BCUT2D eigenvalue weighted by atomic mass is 16.2. The molecule has 2 amide bonds. The fourth-order valence-corrected chi connectivity index (χ4v) is 1.71. The van der Waals surface area contributed by atoms with Gasteiger partial charge in [-0.25, -0.2) is 0 Å². The van der Waals surface area contributed by atoms with Crippen LogP contribution in [0.5, 0.6) is 0 Å². The van der Waals surface area contributed by atoms with E-state index in [4.69, 9.17) is 5.73 Å². The number of carbonyl (C=O) groups excluding carboxylic acids is 2. The summed E-state index contributed by atoms with van der Waals surface area (Å²) >= 11 is 0. The first-order valence-electron chi connectivity index (χ1n) is 5.84. The summed E-state index contributed by atoms with van der Waals surface area (Å²) in [5, 5.41) is 2.79. The molecule has 0 spiro atoms. The molecule has 2 aromatic rings. The van der Waals surface area contributed by atoms with Crippen LogP contribution in [0.2, 0.25) is 0 Å². The number of nitrogens with two attached hydrogens (primary N) is 1. The second-order valence-corrected chi connectivity index (χ2v) is 4.27. The first-order chi connectivity index (χ1) is 9.06. The van der Waals surface area contributed by atoms with E-state index in [-0.39, 0.29) is 5.91 Å². The van der Waals surface area contributed by atoms with Crippen LogP contribution in [-0.2, 0) is 0 Å². The molecule has 0 saturated carbocycles. The zero-order valence-electron chi connectivity index (χ0n) is 10.5. The Kier molecular flexibility index (Phi) is 3.61. The van der Waals surface area contributed by atoms with Crippen molar-refractivity contribution in [2.45, 2.75) is 6.92 Å². The van der Waals surface area contributed by atoms with Gasteiger partial charge in [-0.1, -0.05) is 12.1 Å². The van der Waals surface area contributed by atoms with E-state index in [9.17, 15) is 9.59 Å². The quantitative estimate of drug-likeness (QED) is 0.882. The number of benzene rings is 2. The third-order valence-electron chi connectivity index (χ3n) is 2.71. The van der Waals surface area contributed by atoms with Crippen molar-refractivity contribution in [1.29, 1.82) is 0 Å². The van der Waals surface area contributed by atoms with Crippen LogP contribution in [-0.4, -0.2) is 11.8 Å². The summed E-state index contributed by atoms with van der Waals surface area (Å²) in [6.45, 7) is 1.96. The Morgan fingerprint density at radius 1 is 1.00 bits per heavy atom. The molecule has 96 valence electrons. The van der Waals surface area contributed by atoms with E-state index in [1.807, 2.05) is 31.2 Å². The Morgan fingerprint density at radius 3 is 2.21 bits per heavy atom. The molecule has 0 heterocycles. The highest BCUT2D eigenvalue weighted by molar-refractivity contribution is 6.05. The van der Waals surface area contributed by atoms with Gasteiger partial charge in [-0.05, 0) is 48.9 Å². The van der Waals surface area contributed by atoms with Crippen LogP contribution in [0.25, 0.3) is 0 Å². The largest absolute Gasteiger partial charge is 0.366 e. The minimum absolute atomic E-state index is 0.221. The highest BCUT2D eigenvalue weighted by Gasteiger charge is 2.07. The maximum absolute atomic E-state index is 12.0. The third-order valence-corrected chi connectivity index (χ3v) is 2.71. The van der Waals surface area contributed by atoms with Crippen molar-refractivity contribution in [3.05, 3.63) is 65.2 Å². The van der Waals surface area contributed by atoms with Crippen LogP contribution >= 0.6 is 0 Å². The summed E-state index contributed by atoms with van der Waals surface area (Å²) in [5.74, 6) is -0.729. The average Bonchev–Trinajstić information content (AvgIpc) is 2.39. The fraction of sp³-hybridized carbons (Fsp3) is 0.0667. The van der Waals surface area contributed by atoms with Crippen molar-refractivity contribution in [3.63, 3.8) is 0 Å². The maximum Gasteiger partial charge on any atom is 0.255 e. The Morgan fingerprint density at radius 2 is 1.63 bits per heavy atom. The summed E-state index contributed by atoms with van der Waals surface area (Å²) < 4.78 is 0. The highest BCUT2D eigenvalue weighted by Crippen LogP contribution is 2.12. The van der Waals surface area contributed by atoms with Crippen LogP contribution in [0, 0.1) is 6.92 Å². The molecule has 0 aliphatic carbocycles. The molecule has 0 aliphatic rings. The number of anilines is 1. The van der Waals surface area contributed by atoms with Crippen molar-refractivity contribution >= 4 is 17.5 Å². The van der Waals surface area contributed by atoms with E-state index in [2.05, 4.69) is 5.32 Å². The molecule has 0 radical (unpaired) electrons. The SMILES string of the molecule is Cc1cccc(NC(=O)c2ccc(C(N)=O)cc2)c1. The van der Waals surface area contributed by atoms with E-state index in [1.165, 1.54) is 12.1 Å². The Bertz CT molecular complexity index is 618. The van der Waals surface area contributed by atoms with Crippen LogP contribution in [0.3, 0.4) is 0 Å². The summed E-state index contributed by atoms with van der Waals surface area (Å²) in [6, 6.07) is 13.8. The molecule has 0 aromatic heterocycles. The normalized spacial score (nSPS) is 9.95. The van der Waals surface area contributed by atoms with Crippen LogP contribution in [0.15, 0.2) is 48.5 Å². The molecule has 0 fully saturated rings. The van der Waals surface area contributed by atoms with Crippen LogP contribution in [0.1, 0.15) is 26.3 Å². The molecule has 3 N–H and O–H groups in total. The van der Waals surface area contributed by atoms with Gasteiger partial charge in [-0.2, -0.15) is 0 Å². The summed E-state index contributed by atoms with van der Waals surface area (Å²) in [7, 11) is 0.